The number of nitrogens with zero attached hydrogens (tertiary/aromatic N) is 4. The third-order valence-corrected chi connectivity index (χ3v) is 6.34. The average molecular weight is 452 g/mol. The van der Waals surface area contributed by atoms with Crippen LogP contribution in [-0.4, -0.2) is 31.4 Å². The molecule has 3 heterocycles. The summed E-state index contributed by atoms with van der Waals surface area (Å²) in [6.07, 6.45) is 1.65. The number of hydrogen-bond acceptors (Lipinski definition) is 6. The van der Waals surface area contributed by atoms with E-state index < -0.39 is 0 Å². The molecule has 0 aromatic carbocycles. The zero-order chi connectivity index (χ0) is 18.7. The highest BCUT2D eigenvalue weighted by Gasteiger charge is 2.17. The van der Waals surface area contributed by atoms with Gasteiger partial charge in [-0.1, -0.05) is 11.8 Å². The Kier molecular flexibility index (Phi) is 6.10. The first kappa shape index (κ1) is 19.1. The molecule has 0 unspecified atom stereocenters. The Hall–Kier alpha value is -1.71. The zero-order valence-corrected chi connectivity index (χ0v) is 17.8. The van der Waals surface area contributed by atoms with E-state index in [1.807, 2.05) is 10.6 Å². The predicted octanol–water partition coefficient (Wildman–Crippen LogP) is 4.53. The standard InChI is InChI=1S/C17H18BrN5OS2/c1-4-23-16(13-8-25-11(3)10(13)2)21-22-17(23)26-9-15(24)20-14-6-5-12(18)7-19-14/h5-8H,4,9H2,1-3H3,(H,19,20,24). The van der Waals surface area contributed by atoms with Crippen LogP contribution in [0.15, 0.2) is 33.3 Å². The fourth-order valence-corrected chi connectivity index (χ4v) is 4.27. The van der Waals surface area contributed by atoms with Crippen molar-refractivity contribution in [3.63, 3.8) is 0 Å². The molecule has 136 valence electrons. The molecule has 0 fully saturated rings. The summed E-state index contributed by atoms with van der Waals surface area (Å²) in [5, 5.41) is 14.3. The van der Waals surface area contributed by atoms with E-state index in [4.69, 9.17) is 0 Å². The van der Waals surface area contributed by atoms with Gasteiger partial charge in [-0.15, -0.1) is 21.5 Å². The second-order valence-corrected chi connectivity index (χ2v) is 8.52. The highest BCUT2D eigenvalue weighted by Crippen LogP contribution is 2.31. The molecule has 9 heteroatoms. The van der Waals surface area contributed by atoms with Gasteiger partial charge in [0.15, 0.2) is 11.0 Å². The monoisotopic (exact) mass is 451 g/mol. The lowest BCUT2D eigenvalue weighted by Gasteiger charge is -2.07. The highest BCUT2D eigenvalue weighted by molar-refractivity contribution is 9.10. The summed E-state index contributed by atoms with van der Waals surface area (Å²) in [5.74, 6) is 1.50. The van der Waals surface area contributed by atoms with Crippen LogP contribution in [0.25, 0.3) is 11.4 Å². The summed E-state index contributed by atoms with van der Waals surface area (Å²) >= 11 is 6.41. The maximum Gasteiger partial charge on any atom is 0.236 e. The van der Waals surface area contributed by atoms with Crippen LogP contribution < -0.4 is 5.32 Å². The van der Waals surface area contributed by atoms with Crippen molar-refractivity contribution in [2.24, 2.45) is 0 Å². The first-order chi connectivity index (χ1) is 12.5. The number of aryl methyl sites for hydroxylation is 1. The lowest BCUT2D eigenvalue weighted by atomic mass is 10.1. The summed E-state index contributed by atoms with van der Waals surface area (Å²) in [6.45, 7) is 7.00. The second kappa shape index (κ2) is 8.32. The summed E-state index contributed by atoms with van der Waals surface area (Å²) in [6, 6.07) is 3.59. The number of carbonyl (C=O) groups excluding carboxylic acids is 1. The van der Waals surface area contributed by atoms with E-state index in [0.717, 1.165) is 27.6 Å². The first-order valence-electron chi connectivity index (χ1n) is 8.02. The van der Waals surface area contributed by atoms with E-state index in [1.54, 1.807) is 23.6 Å². The van der Waals surface area contributed by atoms with Gasteiger partial charge in [0, 0.05) is 33.0 Å². The molecule has 0 radical (unpaired) electrons. The minimum atomic E-state index is -0.125. The van der Waals surface area contributed by atoms with Crippen LogP contribution in [0.1, 0.15) is 17.4 Å². The van der Waals surface area contributed by atoms with Gasteiger partial charge in [0.1, 0.15) is 5.82 Å². The topological polar surface area (TPSA) is 72.7 Å². The first-order valence-corrected chi connectivity index (χ1v) is 10.7. The molecule has 3 aromatic rings. The Morgan fingerprint density at radius 2 is 2.15 bits per heavy atom. The summed E-state index contributed by atoms with van der Waals surface area (Å²) < 4.78 is 2.91. The third kappa shape index (κ3) is 4.16. The van der Waals surface area contributed by atoms with Crippen LogP contribution in [0.5, 0.6) is 0 Å². The molecule has 0 saturated carbocycles. The van der Waals surface area contributed by atoms with Crippen LogP contribution in [0.2, 0.25) is 0 Å². The van der Waals surface area contributed by atoms with Crippen molar-refractivity contribution in [3.05, 3.63) is 38.6 Å². The molecule has 0 saturated heterocycles. The van der Waals surface area contributed by atoms with Gasteiger partial charge in [-0.05, 0) is 54.4 Å². The molecule has 0 aliphatic carbocycles. The molecule has 0 bridgehead atoms. The molecule has 1 amide bonds. The molecule has 0 spiro atoms. The van der Waals surface area contributed by atoms with Crippen molar-refractivity contribution in [1.82, 2.24) is 19.7 Å². The number of halogens is 1. The van der Waals surface area contributed by atoms with Crippen molar-refractivity contribution >= 4 is 50.8 Å². The fourth-order valence-electron chi connectivity index (χ4n) is 2.37. The Morgan fingerprint density at radius 1 is 1.35 bits per heavy atom. The van der Waals surface area contributed by atoms with Gasteiger partial charge in [-0.3, -0.25) is 4.79 Å². The van der Waals surface area contributed by atoms with Gasteiger partial charge >= 0.3 is 0 Å². The van der Waals surface area contributed by atoms with E-state index in [-0.39, 0.29) is 11.7 Å². The normalized spacial score (nSPS) is 10.9. The van der Waals surface area contributed by atoms with Crippen molar-refractivity contribution in [3.8, 4) is 11.4 Å². The van der Waals surface area contributed by atoms with Crippen LogP contribution in [0, 0.1) is 13.8 Å². The molecule has 6 nitrogen and oxygen atoms in total. The van der Waals surface area contributed by atoms with E-state index in [0.29, 0.717) is 5.82 Å². The summed E-state index contributed by atoms with van der Waals surface area (Å²) in [4.78, 5) is 17.6. The second-order valence-electron chi connectivity index (χ2n) is 5.58. The molecule has 0 atom stereocenters. The van der Waals surface area contributed by atoms with Gasteiger partial charge in [0.05, 0.1) is 5.75 Å². The Labute approximate surface area is 168 Å². The molecule has 3 rings (SSSR count). The van der Waals surface area contributed by atoms with Gasteiger partial charge in [0.25, 0.3) is 0 Å². The number of anilines is 1. The lowest BCUT2D eigenvalue weighted by molar-refractivity contribution is -0.113. The Bertz CT molecular complexity index is 920. The van der Waals surface area contributed by atoms with Crippen molar-refractivity contribution in [2.75, 3.05) is 11.1 Å². The number of carbonyl (C=O) groups is 1. The number of amides is 1. The average Bonchev–Trinajstić information content (AvgIpc) is 3.18. The molecule has 1 N–H and O–H groups in total. The minimum Gasteiger partial charge on any atom is -0.310 e. The van der Waals surface area contributed by atoms with Crippen LogP contribution in [0.3, 0.4) is 0 Å². The van der Waals surface area contributed by atoms with Crippen LogP contribution >= 0.6 is 39.0 Å². The Balaban J connectivity index is 1.69. The van der Waals surface area contributed by atoms with Gasteiger partial charge in [0.2, 0.25) is 5.91 Å². The number of pyridine rings is 1. The number of thiophene rings is 1. The van der Waals surface area contributed by atoms with E-state index in [2.05, 4.69) is 62.6 Å². The molecular weight excluding hydrogens is 434 g/mol. The molecule has 0 aliphatic heterocycles. The summed E-state index contributed by atoms with van der Waals surface area (Å²) in [7, 11) is 0. The zero-order valence-electron chi connectivity index (χ0n) is 14.6. The predicted molar refractivity (Wildman–Crippen MR) is 110 cm³/mol. The fraction of sp³-hybridized carbons (Fsp3) is 0.294. The SMILES string of the molecule is CCn1c(SCC(=O)Nc2ccc(Br)cn2)nnc1-c1csc(C)c1C. The third-order valence-electron chi connectivity index (χ3n) is 3.89. The maximum atomic E-state index is 12.2. The number of rotatable bonds is 6. The molecule has 0 aliphatic rings. The molecule has 26 heavy (non-hydrogen) atoms. The van der Waals surface area contributed by atoms with Gasteiger partial charge in [-0.25, -0.2) is 4.98 Å². The minimum absolute atomic E-state index is 0.125. The summed E-state index contributed by atoms with van der Waals surface area (Å²) in [5.41, 5.74) is 2.34. The number of thioether (sulfide) groups is 1. The molecule has 3 aromatic heterocycles. The largest absolute Gasteiger partial charge is 0.310 e. The van der Waals surface area contributed by atoms with Crippen molar-refractivity contribution < 1.29 is 4.79 Å². The number of aromatic nitrogens is 4. The van der Waals surface area contributed by atoms with Gasteiger partial charge < -0.3 is 9.88 Å². The van der Waals surface area contributed by atoms with Gasteiger partial charge in [-0.2, -0.15) is 0 Å². The van der Waals surface area contributed by atoms with Crippen LogP contribution in [-0.2, 0) is 11.3 Å². The number of hydrogen-bond donors (Lipinski definition) is 1. The maximum absolute atomic E-state index is 12.2. The van der Waals surface area contributed by atoms with E-state index in [9.17, 15) is 4.79 Å². The van der Waals surface area contributed by atoms with E-state index in [1.165, 1.54) is 22.2 Å². The molecular formula is C17H18BrN5OS2. The number of nitrogens with one attached hydrogen (secondary N) is 1. The Morgan fingerprint density at radius 3 is 2.77 bits per heavy atom. The van der Waals surface area contributed by atoms with Crippen molar-refractivity contribution in [1.29, 1.82) is 0 Å². The lowest BCUT2D eigenvalue weighted by Crippen LogP contribution is -2.15. The van der Waals surface area contributed by atoms with Crippen molar-refractivity contribution in [2.45, 2.75) is 32.5 Å². The smallest absolute Gasteiger partial charge is 0.236 e. The quantitative estimate of drug-likeness (QED) is 0.557. The van der Waals surface area contributed by atoms with E-state index >= 15 is 0 Å². The van der Waals surface area contributed by atoms with Crippen LogP contribution in [0.4, 0.5) is 5.82 Å². The highest BCUT2D eigenvalue weighted by atomic mass is 79.9.